The number of benzene rings is 1. The molecule has 2 saturated heterocycles. The van der Waals surface area contributed by atoms with E-state index in [0.717, 1.165) is 56.8 Å². The van der Waals surface area contributed by atoms with Crippen molar-refractivity contribution in [2.24, 2.45) is 5.92 Å². The predicted octanol–water partition coefficient (Wildman–Crippen LogP) is 4.12. The number of piperazine rings is 1. The van der Waals surface area contributed by atoms with Crippen LogP contribution in [0.1, 0.15) is 39.3 Å². The van der Waals surface area contributed by atoms with Crippen molar-refractivity contribution in [2.45, 2.75) is 52.6 Å². The highest BCUT2D eigenvalue weighted by atomic mass is 35.5. The van der Waals surface area contributed by atoms with Gasteiger partial charge in [0.1, 0.15) is 0 Å². The van der Waals surface area contributed by atoms with Crippen LogP contribution in [0.15, 0.2) is 30.3 Å². The minimum Gasteiger partial charge on any atom is -0.371 e. The maximum absolute atomic E-state index is 13.1. The molecule has 1 atom stereocenters. The highest BCUT2D eigenvalue weighted by Gasteiger charge is 2.33. The lowest BCUT2D eigenvalue weighted by atomic mass is 9.94. The molecule has 0 bridgehead atoms. The number of fused-ring (bicyclic) bond motifs is 1. The first-order valence-electron chi connectivity index (χ1n) is 11.1. The van der Waals surface area contributed by atoms with E-state index in [1.54, 1.807) is 0 Å². The normalized spacial score (nSPS) is 21.2. The summed E-state index contributed by atoms with van der Waals surface area (Å²) in [5, 5.41) is 1.18. The Balaban J connectivity index is 0.00000256. The molecule has 1 aromatic heterocycles. The molecule has 30 heavy (non-hydrogen) atoms. The van der Waals surface area contributed by atoms with Crippen LogP contribution in [0.4, 0.5) is 5.69 Å². The molecule has 1 amide bonds. The molecule has 2 fully saturated rings. The Hall–Kier alpha value is -1.85. The van der Waals surface area contributed by atoms with E-state index in [1.807, 2.05) is 6.92 Å². The summed E-state index contributed by atoms with van der Waals surface area (Å²) in [5.41, 5.74) is 3.34. The molecule has 0 unspecified atom stereocenters. The maximum atomic E-state index is 13.1. The number of hydrogen-bond acceptors (Lipinski definition) is 4. The highest BCUT2D eigenvalue weighted by molar-refractivity contribution is 5.85. The molecule has 0 spiro atoms. The third-order valence-electron chi connectivity index (χ3n) is 6.68. The molecule has 0 aliphatic carbocycles. The molecule has 2 aromatic rings. The summed E-state index contributed by atoms with van der Waals surface area (Å²) >= 11 is 0. The number of hydrogen-bond donors (Lipinski definition) is 0. The number of anilines is 1. The van der Waals surface area contributed by atoms with Gasteiger partial charge in [0.15, 0.2) is 0 Å². The lowest BCUT2D eigenvalue weighted by Crippen LogP contribution is -2.57. The van der Waals surface area contributed by atoms with Crippen LogP contribution in [-0.2, 0) is 4.79 Å². The molecule has 3 heterocycles. The lowest BCUT2D eigenvalue weighted by Gasteiger charge is -2.43. The standard InChI is InChI=1S/C24H34N4O.ClH/c1-17(2)28-14-13-27(16-19(28)4)24(29)20-9-11-26(12-10-20)22-7-8-23-21(15-22)6-5-18(3)25-23;/h5-8,15,17,19-20H,9-14,16H2,1-4H3;1H/t19-;/m0./s1. The van der Waals surface area contributed by atoms with Gasteiger partial charge < -0.3 is 9.80 Å². The van der Waals surface area contributed by atoms with Crippen molar-refractivity contribution in [3.05, 3.63) is 36.0 Å². The second-order valence-corrected chi connectivity index (χ2v) is 9.06. The Labute approximate surface area is 186 Å². The summed E-state index contributed by atoms with van der Waals surface area (Å²) in [6.07, 6.45) is 1.89. The van der Waals surface area contributed by atoms with Gasteiger partial charge in [-0.1, -0.05) is 6.07 Å². The fourth-order valence-corrected chi connectivity index (χ4v) is 4.99. The van der Waals surface area contributed by atoms with Gasteiger partial charge in [-0.25, -0.2) is 0 Å². The van der Waals surface area contributed by atoms with Crippen molar-refractivity contribution in [1.29, 1.82) is 0 Å². The molecule has 0 N–H and O–H groups in total. The Morgan fingerprint density at radius 1 is 1.07 bits per heavy atom. The third-order valence-corrected chi connectivity index (χ3v) is 6.68. The smallest absolute Gasteiger partial charge is 0.225 e. The Morgan fingerprint density at radius 3 is 2.47 bits per heavy atom. The average molecular weight is 431 g/mol. The predicted molar refractivity (Wildman–Crippen MR) is 127 cm³/mol. The zero-order valence-electron chi connectivity index (χ0n) is 18.7. The van der Waals surface area contributed by atoms with E-state index < -0.39 is 0 Å². The van der Waals surface area contributed by atoms with Gasteiger partial charge >= 0.3 is 0 Å². The second-order valence-electron chi connectivity index (χ2n) is 9.06. The number of amides is 1. The SMILES string of the molecule is Cc1ccc2cc(N3CCC(C(=O)N4CCN(C(C)C)[C@@H](C)C4)CC3)ccc2n1.Cl. The lowest BCUT2D eigenvalue weighted by molar-refractivity contribution is -0.139. The van der Waals surface area contributed by atoms with Crippen LogP contribution in [0.2, 0.25) is 0 Å². The van der Waals surface area contributed by atoms with E-state index in [1.165, 1.54) is 11.1 Å². The van der Waals surface area contributed by atoms with E-state index in [0.29, 0.717) is 18.0 Å². The zero-order chi connectivity index (χ0) is 20.5. The molecule has 2 aliphatic heterocycles. The highest BCUT2D eigenvalue weighted by Crippen LogP contribution is 2.28. The van der Waals surface area contributed by atoms with Gasteiger partial charge in [0.25, 0.3) is 0 Å². The number of rotatable bonds is 3. The molecule has 4 rings (SSSR count). The quantitative estimate of drug-likeness (QED) is 0.734. The first kappa shape index (κ1) is 22.8. The van der Waals surface area contributed by atoms with Gasteiger partial charge in [-0.05, 0) is 64.8 Å². The van der Waals surface area contributed by atoms with Gasteiger partial charge in [0, 0.05) is 67.5 Å². The number of piperidine rings is 1. The van der Waals surface area contributed by atoms with Crippen molar-refractivity contribution in [1.82, 2.24) is 14.8 Å². The first-order chi connectivity index (χ1) is 13.9. The monoisotopic (exact) mass is 430 g/mol. The zero-order valence-corrected chi connectivity index (χ0v) is 19.5. The van der Waals surface area contributed by atoms with Crippen LogP contribution >= 0.6 is 12.4 Å². The Kier molecular flexibility index (Phi) is 7.25. The molecular weight excluding hydrogens is 396 g/mol. The molecular formula is C24H35ClN4O. The maximum Gasteiger partial charge on any atom is 0.225 e. The van der Waals surface area contributed by atoms with E-state index in [9.17, 15) is 4.79 Å². The molecule has 1 aromatic carbocycles. The van der Waals surface area contributed by atoms with Gasteiger partial charge in [-0.3, -0.25) is 14.7 Å². The number of aryl methyl sites for hydroxylation is 1. The van der Waals surface area contributed by atoms with Gasteiger partial charge in [0.2, 0.25) is 5.91 Å². The van der Waals surface area contributed by atoms with Crippen molar-refractivity contribution >= 4 is 34.9 Å². The fraction of sp³-hybridized carbons (Fsp3) is 0.583. The van der Waals surface area contributed by atoms with Gasteiger partial charge in [0.05, 0.1) is 5.52 Å². The summed E-state index contributed by atoms with van der Waals surface area (Å²) in [6, 6.07) is 11.7. The second kappa shape index (κ2) is 9.52. The van der Waals surface area contributed by atoms with Crippen molar-refractivity contribution in [2.75, 3.05) is 37.6 Å². The number of carbonyl (C=O) groups is 1. The van der Waals surface area contributed by atoms with Gasteiger partial charge in [-0.15, -0.1) is 12.4 Å². The van der Waals surface area contributed by atoms with Crippen LogP contribution < -0.4 is 4.90 Å². The molecule has 2 aliphatic rings. The summed E-state index contributed by atoms with van der Waals surface area (Å²) in [5.74, 6) is 0.548. The molecule has 5 nitrogen and oxygen atoms in total. The topological polar surface area (TPSA) is 39.7 Å². The molecule has 6 heteroatoms. The fourth-order valence-electron chi connectivity index (χ4n) is 4.99. The first-order valence-corrected chi connectivity index (χ1v) is 11.1. The molecule has 0 radical (unpaired) electrons. The van der Waals surface area contributed by atoms with Gasteiger partial charge in [-0.2, -0.15) is 0 Å². The summed E-state index contributed by atoms with van der Waals surface area (Å²) < 4.78 is 0. The Morgan fingerprint density at radius 2 is 1.80 bits per heavy atom. The largest absolute Gasteiger partial charge is 0.371 e. The number of nitrogens with zero attached hydrogens (tertiary/aromatic N) is 4. The summed E-state index contributed by atoms with van der Waals surface area (Å²) in [7, 11) is 0. The van der Waals surface area contributed by atoms with Crippen molar-refractivity contribution in [3.63, 3.8) is 0 Å². The molecule has 0 saturated carbocycles. The van der Waals surface area contributed by atoms with E-state index in [4.69, 9.17) is 0 Å². The third kappa shape index (κ3) is 4.73. The Bertz CT molecular complexity index is 879. The number of aromatic nitrogens is 1. The molecule has 164 valence electrons. The minimum atomic E-state index is 0. The summed E-state index contributed by atoms with van der Waals surface area (Å²) in [4.78, 5) is 24.7. The average Bonchev–Trinajstić information content (AvgIpc) is 2.72. The number of carbonyl (C=O) groups excluding carboxylic acids is 1. The van der Waals surface area contributed by atoms with Crippen LogP contribution in [0.25, 0.3) is 10.9 Å². The van der Waals surface area contributed by atoms with Crippen molar-refractivity contribution in [3.8, 4) is 0 Å². The van der Waals surface area contributed by atoms with Crippen LogP contribution in [-0.4, -0.2) is 65.5 Å². The van der Waals surface area contributed by atoms with E-state index >= 15 is 0 Å². The number of halogens is 1. The van der Waals surface area contributed by atoms with Crippen molar-refractivity contribution < 1.29 is 4.79 Å². The van der Waals surface area contributed by atoms with E-state index in [-0.39, 0.29) is 18.3 Å². The van der Waals surface area contributed by atoms with Crippen LogP contribution in [0.3, 0.4) is 0 Å². The summed E-state index contributed by atoms with van der Waals surface area (Å²) in [6.45, 7) is 13.4. The van der Waals surface area contributed by atoms with Crippen LogP contribution in [0.5, 0.6) is 0 Å². The number of pyridine rings is 1. The minimum absolute atomic E-state index is 0. The van der Waals surface area contributed by atoms with Crippen LogP contribution in [0, 0.1) is 12.8 Å². The van der Waals surface area contributed by atoms with E-state index in [2.05, 4.69) is 70.8 Å².